The van der Waals surface area contributed by atoms with Crippen LogP contribution in [0.3, 0.4) is 0 Å². The Hall–Kier alpha value is -3.88. The summed E-state index contributed by atoms with van der Waals surface area (Å²) in [6.45, 7) is 0.603. The fourth-order valence-electron chi connectivity index (χ4n) is 3.72. The second-order valence-electron chi connectivity index (χ2n) is 7.78. The summed E-state index contributed by atoms with van der Waals surface area (Å²) in [5, 5.41) is 8.41. The van der Waals surface area contributed by atoms with Crippen LogP contribution in [-0.2, 0) is 22.6 Å². The molecule has 0 radical (unpaired) electrons. The highest BCUT2D eigenvalue weighted by atomic mass is 19.1. The SMILES string of the molecule is CN(Cc1cnn(-c2ccc(F)cc2)c1)C(=O)C1CC(Cc2ccc3c(c2)OCO3)=NO1. The van der Waals surface area contributed by atoms with Crippen LogP contribution in [0.25, 0.3) is 5.69 Å². The van der Waals surface area contributed by atoms with Gasteiger partial charge in [0.1, 0.15) is 5.82 Å². The highest BCUT2D eigenvalue weighted by Crippen LogP contribution is 2.33. The number of hydrogen-bond donors (Lipinski definition) is 0. The Morgan fingerprint density at radius 1 is 1.16 bits per heavy atom. The molecular formula is C23H21FN4O4. The largest absolute Gasteiger partial charge is 0.454 e. The maximum absolute atomic E-state index is 13.1. The molecule has 3 aromatic rings. The number of halogens is 1. The van der Waals surface area contributed by atoms with E-state index in [0.717, 1.165) is 34.0 Å². The molecular weight excluding hydrogens is 415 g/mol. The lowest BCUT2D eigenvalue weighted by Gasteiger charge is -2.19. The van der Waals surface area contributed by atoms with Crippen LogP contribution in [-0.4, -0.2) is 46.2 Å². The minimum absolute atomic E-state index is 0.149. The topological polar surface area (TPSA) is 78.2 Å². The van der Waals surface area contributed by atoms with Crippen LogP contribution in [0.15, 0.2) is 60.0 Å². The van der Waals surface area contributed by atoms with Crippen molar-refractivity contribution in [2.75, 3.05) is 13.8 Å². The van der Waals surface area contributed by atoms with Gasteiger partial charge in [0.15, 0.2) is 11.5 Å². The van der Waals surface area contributed by atoms with Crippen LogP contribution in [0.4, 0.5) is 4.39 Å². The van der Waals surface area contributed by atoms with Crippen molar-refractivity contribution in [2.45, 2.75) is 25.5 Å². The molecule has 8 nitrogen and oxygen atoms in total. The molecule has 1 amide bonds. The summed E-state index contributed by atoms with van der Waals surface area (Å²) in [6, 6.07) is 11.8. The summed E-state index contributed by atoms with van der Waals surface area (Å²) in [5.41, 5.74) is 3.42. The van der Waals surface area contributed by atoms with E-state index in [-0.39, 0.29) is 18.5 Å². The first-order valence-corrected chi connectivity index (χ1v) is 10.2. The van der Waals surface area contributed by atoms with Crippen molar-refractivity contribution in [1.82, 2.24) is 14.7 Å². The third-order valence-corrected chi connectivity index (χ3v) is 5.37. The highest BCUT2D eigenvalue weighted by Gasteiger charge is 2.31. The maximum Gasteiger partial charge on any atom is 0.266 e. The van der Waals surface area contributed by atoms with E-state index in [0.29, 0.717) is 19.4 Å². The van der Waals surface area contributed by atoms with Crippen molar-refractivity contribution in [1.29, 1.82) is 0 Å². The first-order valence-electron chi connectivity index (χ1n) is 10.2. The molecule has 164 valence electrons. The number of likely N-dealkylation sites (N-methyl/N-ethyl adjacent to an activating group) is 1. The average molecular weight is 436 g/mol. The molecule has 2 aromatic carbocycles. The Morgan fingerprint density at radius 3 is 2.81 bits per heavy atom. The predicted octanol–water partition coefficient (Wildman–Crippen LogP) is 3.09. The molecule has 5 rings (SSSR count). The van der Waals surface area contributed by atoms with Gasteiger partial charge in [0.05, 0.1) is 17.6 Å². The van der Waals surface area contributed by atoms with Crippen molar-refractivity contribution >= 4 is 11.6 Å². The van der Waals surface area contributed by atoms with Gasteiger partial charge in [-0.1, -0.05) is 11.2 Å². The summed E-state index contributed by atoms with van der Waals surface area (Å²) < 4.78 is 25.5. The Kier molecular flexibility index (Phi) is 5.22. The molecule has 1 unspecified atom stereocenters. The highest BCUT2D eigenvalue weighted by molar-refractivity contribution is 5.94. The lowest BCUT2D eigenvalue weighted by atomic mass is 10.0. The fraction of sp³-hybridized carbons (Fsp3) is 0.261. The number of aromatic nitrogens is 2. The minimum atomic E-state index is -0.642. The van der Waals surface area contributed by atoms with Gasteiger partial charge >= 0.3 is 0 Å². The Balaban J connectivity index is 1.16. The summed E-state index contributed by atoms with van der Waals surface area (Å²) in [5.74, 6) is 0.999. The van der Waals surface area contributed by atoms with Gasteiger partial charge in [0.25, 0.3) is 5.91 Å². The van der Waals surface area contributed by atoms with E-state index in [1.807, 2.05) is 24.4 Å². The second-order valence-corrected chi connectivity index (χ2v) is 7.78. The Morgan fingerprint density at radius 2 is 1.97 bits per heavy atom. The molecule has 0 saturated heterocycles. The van der Waals surface area contributed by atoms with Crippen LogP contribution in [0.2, 0.25) is 0 Å². The number of fused-ring (bicyclic) bond motifs is 1. The molecule has 0 N–H and O–H groups in total. The molecule has 0 spiro atoms. The molecule has 0 aliphatic carbocycles. The summed E-state index contributed by atoms with van der Waals surface area (Å²) >= 11 is 0. The molecule has 0 saturated carbocycles. The number of ether oxygens (including phenoxy) is 2. The summed E-state index contributed by atoms with van der Waals surface area (Å²) in [6.07, 6.45) is 3.87. The zero-order valence-electron chi connectivity index (χ0n) is 17.4. The summed E-state index contributed by atoms with van der Waals surface area (Å²) in [7, 11) is 1.72. The smallest absolute Gasteiger partial charge is 0.266 e. The van der Waals surface area contributed by atoms with E-state index in [4.69, 9.17) is 14.3 Å². The van der Waals surface area contributed by atoms with Crippen LogP contribution < -0.4 is 9.47 Å². The van der Waals surface area contributed by atoms with Gasteiger partial charge in [-0.05, 0) is 42.0 Å². The number of amides is 1. The number of carbonyl (C=O) groups is 1. The van der Waals surface area contributed by atoms with Crippen LogP contribution >= 0.6 is 0 Å². The van der Waals surface area contributed by atoms with Gasteiger partial charge in [-0.3, -0.25) is 4.79 Å². The third-order valence-electron chi connectivity index (χ3n) is 5.37. The second kappa shape index (κ2) is 8.33. The molecule has 2 aliphatic heterocycles. The monoisotopic (exact) mass is 436 g/mol. The van der Waals surface area contributed by atoms with Crippen molar-refractivity contribution in [2.24, 2.45) is 5.16 Å². The lowest BCUT2D eigenvalue weighted by Crippen LogP contribution is -2.36. The first-order chi connectivity index (χ1) is 15.5. The van der Waals surface area contributed by atoms with Gasteiger partial charge in [-0.2, -0.15) is 5.10 Å². The Bertz CT molecular complexity index is 1170. The molecule has 2 aliphatic rings. The molecule has 9 heteroatoms. The molecule has 3 heterocycles. The molecule has 1 aromatic heterocycles. The van der Waals surface area contributed by atoms with Crippen LogP contribution in [0.1, 0.15) is 17.5 Å². The number of oxime groups is 1. The number of benzene rings is 2. The molecule has 1 atom stereocenters. The minimum Gasteiger partial charge on any atom is -0.454 e. The molecule has 0 bridgehead atoms. The normalized spacial score (nSPS) is 16.6. The Labute approximate surface area is 183 Å². The number of carbonyl (C=O) groups excluding carboxylic acids is 1. The van der Waals surface area contributed by atoms with Crippen molar-refractivity contribution in [3.05, 3.63) is 71.8 Å². The van der Waals surface area contributed by atoms with E-state index in [1.54, 1.807) is 35.0 Å². The van der Waals surface area contributed by atoms with E-state index in [2.05, 4.69) is 10.3 Å². The van der Waals surface area contributed by atoms with Crippen molar-refractivity contribution in [3.63, 3.8) is 0 Å². The van der Waals surface area contributed by atoms with E-state index in [9.17, 15) is 9.18 Å². The predicted molar refractivity (Wildman–Crippen MR) is 113 cm³/mol. The number of rotatable bonds is 6. The third kappa shape index (κ3) is 4.14. The number of nitrogens with zero attached hydrogens (tertiary/aromatic N) is 4. The maximum atomic E-state index is 13.1. The van der Waals surface area contributed by atoms with Gasteiger partial charge in [-0.25, -0.2) is 9.07 Å². The van der Waals surface area contributed by atoms with Gasteiger partial charge < -0.3 is 19.2 Å². The van der Waals surface area contributed by atoms with E-state index >= 15 is 0 Å². The van der Waals surface area contributed by atoms with E-state index < -0.39 is 6.10 Å². The van der Waals surface area contributed by atoms with E-state index in [1.165, 1.54) is 12.1 Å². The zero-order chi connectivity index (χ0) is 22.1. The van der Waals surface area contributed by atoms with Gasteiger partial charge in [0.2, 0.25) is 12.9 Å². The lowest BCUT2D eigenvalue weighted by molar-refractivity contribution is -0.141. The first kappa shape index (κ1) is 20.0. The van der Waals surface area contributed by atoms with Crippen LogP contribution in [0.5, 0.6) is 11.5 Å². The number of hydrogen-bond acceptors (Lipinski definition) is 6. The quantitative estimate of drug-likeness (QED) is 0.594. The molecule has 0 fully saturated rings. The van der Waals surface area contributed by atoms with Gasteiger partial charge in [0, 0.05) is 38.2 Å². The average Bonchev–Trinajstić information content (AvgIpc) is 3.54. The fourth-order valence-corrected chi connectivity index (χ4v) is 3.72. The standard InChI is InChI=1S/C23H21FN4O4/c1-27(12-16-11-25-28(13-16)19-5-3-17(24)4-6-19)23(29)22-10-18(26-32-22)8-15-2-7-20-21(9-15)31-14-30-20/h2-7,9,11,13,22H,8,10,12,14H2,1H3. The van der Waals surface area contributed by atoms with Crippen LogP contribution in [0, 0.1) is 5.82 Å². The zero-order valence-corrected chi connectivity index (χ0v) is 17.4. The van der Waals surface area contributed by atoms with Crippen molar-refractivity contribution < 1.29 is 23.5 Å². The summed E-state index contributed by atoms with van der Waals surface area (Å²) in [4.78, 5) is 19.9. The molecule has 32 heavy (non-hydrogen) atoms. The van der Waals surface area contributed by atoms with Gasteiger partial charge in [-0.15, -0.1) is 0 Å². The van der Waals surface area contributed by atoms with Crippen molar-refractivity contribution in [3.8, 4) is 17.2 Å².